The van der Waals surface area contributed by atoms with Crippen molar-refractivity contribution in [2.45, 2.75) is 77.2 Å². The van der Waals surface area contributed by atoms with Gasteiger partial charge in [0.1, 0.15) is 11.6 Å². The van der Waals surface area contributed by atoms with Crippen molar-refractivity contribution in [3.8, 4) is 0 Å². The molecule has 0 saturated heterocycles. The van der Waals surface area contributed by atoms with Crippen molar-refractivity contribution in [3.63, 3.8) is 0 Å². The molecular weight excluding hydrogens is 452 g/mol. The highest BCUT2D eigenvalue weighted by Crippen LogP contribution is 2.31. The number of nitrogens with zero attached hydrogens (tertiary/aromatic N) is 1. The number of nitrogens with two attached hydrogens (primary N) is 1. The number of rotatable bonds is 9. The number of hydrogen-bond donors (Lipinski definition) is 3. The molecule has 0 radical (unpaired) electrons. The average molecular weight is 491 g/mol. The van der Waals surface area contributed by atoms with E-state index in [1.54, 1.807) is 0 Å². The summed E-state index contributed by atoms with van der Waals surface area (Å²) in [6, 6.07) is 17.3. The van der Waals surface area contributed by atoms with Crippen molar-refractivity contribution >= 4 is 22.8 Å². The summed E-state index contributed by atoms with van der Waals surface area (Å²) in [5, 5.41) is 4.20. The molecule has 0 bridgehead atoms. The van der Waals surface area contributed by atoms with Gasteiger partial charge < -0.3 is 20.8 Å². The Labute approximate surface area is 213 Å². The van der Waals surface area contributed by atoms with Crippen LogP contribution in [0, 0.1) is 0 Å². The van der Waals surface area contributed by atoms with Crippen LogP contribution in [-0.2, 0) is 33.8 Å². The third-order valence-corrected chi connectivity index (χ3v) is 6.59. The standard InChI is InChI=1S/C29H38N4O3/c1-29(2,3)36-28(35)24(15-9-10-16-30)32-27(34)26-17-22-21-13-7-8-14-23(21)31-25(22)19-33(26)18-20-11-5-4-6-12-20/h4-8,11-14,24,26,31H,9-10,15-19,30H2,1-3H3,(H,32,34). The number of esters is 1. The summed E-state index contributed by atoms with van der Waals surface area (Å²) in [5.74, 6) is -0.545. The zero-order chi connectivity index (χ0) is 25.7. The lowest BCUT2D eigenvalue weighted by atomic mass is 9.95. The summed E-state index contributed by atoms with van der Waals surface area (Å²) in [6.07, 6.45) is 2.60. The summed E-state index contributed by atoms with van der Waals surface area (Å²) in [5.41, 5.74) is 9.58. The molecule has 1 aromatic heterocycles. The average Bonchev–Trinajstić information content (AvgIpc) is 3.20. The van der Waals surface area contributed by atoms with E-state index in [9.17, 15) is 9.59 Å². The van der Waals surface area contributed by atoms with E-state index >= 15 is 0 Å². The molecule has 2 unspecified atom stereocenters. The lowest BCUT2D eigenvalue weighted by Crippen LogP contribution is -2.54. The Bertz CT molecular complexity index is 1180. The predicted octanol–water partition coefficient (Wildman–Crippen LogP) is 4.05. The molecule has 0 saturated carbocycles. The summed E-state index contributed by atoms with van der Waals surface area (Å²) in [6.45, 7) is 7.33. The van der Waals surface area contributed by atoms with Gasteiger partial charge in [0.25, 0.3) is 0 Å². The number of ether oxygens (including phenoxy) is 1. The Balaban J connectivity index is 1.60. The maximum Gasteiger partial charge on any atom is 0.329 e. The normalized spacial score (nSPS) is 16.9. The van der Waals surface area contributed by atoms with Crippen LogP contribution in [0.1, 0.15) is 56.9 Å². The van der Waals surface area contributed by atoms with Crippen molar-refractivity contribution in [3.05, 3.63) is 71.4 Å². The third-order valence-electron chi connectivity index (χ3n) is 6.59. The first kappa shape index (κ1) is 25.9. The summed E-state index contributed by atoms with van der Waals surface area (Å²) in [4.78, 5) is 32.5. The molecule has 1 aliphatic heterocycles. The number of aromatic nitrogens is 1. The zero-order valence-corrected chi connectivity index (χ0v) is 21.5. The number of hydrogen-bond acceptors (Lipinski definition) is 5. The number of H-pyrrole nitrogens is 1. The summed E-state index contributed by atoms with van der Waals surface area (Å²) < 4.78 is 5.64. The molecule has 0 spiro atoms. The highest BCUT2D eigenvalue weighted by molar-refractivity contribution is 5.90. The predicted molar refractivity (Wildman–Crippen MR) is 142 cm³/mol. The lowest BCUT2D eigenvalue weighted by Gasteiger charge is -2.35. The van der Waals surface area contributed by atoms with Crippen LogP contribution in [0.2, 0.25) is 0 Å². The van der Waals surface area contributed by atoms with E-state index < -0.39 is 23.7 Å². The molecule has 2 aromatic carbocycles. The van der Waals surface area contributed by atoms with Crippen LogP contribution in [0.4, 0.5) is 0 Å². The monoisotopic (exact) mass is 490 g/mol. The fraction of sp³-hybridized carbons (Fsp3) is 0.448. The molecule has 3 aromatic rings. The van der Waals surface area contributed by atoms with Crippen molar-refractivity contribution in [2.75, 3.05) is 6.54 Å². The van der Waals surface area contributed by atoms with Gasteiger partial charge in [0.15, 0.2) is 0 Å². The van der Waals surface area contributed by atoms with E-state index in [4.69, 9.17) is 10.5 Å². The first-order valence-electron chi connectivity index (χ1n) is 12.8. The largest absolute Gasteiger partial charge is 0.458 e. The van der Waals surface area contributed by atoms with Crippen LogP contribution in [0.5, 0.6) is 0 Å². The number of nitrogens with one attached hydrogen (secondary N) is 2. The second-order valence-electron chi connectivity index (χ2n) is 10.6. The minimum atomic E-state index is -0.703. The second kappa shape index (κ2) is 11.3. The van der Waals surface area contributed by atoms with Gasteiger partial charge in [0.2, 0.25) is 5.91 Å². The van der Waals surface area contributed by atoms with Gasteiger partial charge in [0, 0.05) is 29.7 Å². The highest BCUT2D eigenvalue weighted by Gasteiger charge is 2.36. The molecule has 1 amide bonds. The number of unbranched alkanes of at least 4 members (excludes halogenated alkanes) is 1. The van der Waals surface area contributed by atoms with Crippen LogP contribution in [0.25, 0.3) is 10.9 Å². The Kier molecular flexibility index (Phi) is 8.11. The van der Waals surface area contributed by atoms with E-state index in [2.05, 4.69) is 39.5 Å². The van der Waals surface area contributed by atoms with Crippen molar-refractivity contribution < 1.29 is 14.3 Å². The van der Waals surface area contributed by atoms with Gasteiger partial charge >= 0.3 is 5.97 Å². The molecule has 2 heterocycles. The van der Waals surface area contributed by atoms with Crippen molar-refractivity contribution in [2.24, 2.45) is 5.73 Å². The van der Waals surface area contributed by atoms with Gasteiger partial charge in [-0.15, -0.1) is 0 Å². The van der Waals surface area contributed by atoms with Gasteiger partial charge in [-0.2, -0.15) is 0 Å². The maximum absolute atomic E-state index is 13.8. The Hall–Kier alpha value is -3.16. The van der Waals surface area contributed by atoms with E-state index in [-0.39, 0.29) is 5.91 Å². The van der Waals surface area contributed by atoms with Crippen LogP contribution in [0.15, 0.2) is 54.6 Å². The maximum atomic E-state index is 13.8. The van der Waals surface area contributed by atoms with E-state index in [0.29, 0.717) is 32.5 Å². The number of carbonyl (C=O) groups excluding carboxylic acids is 2. The smallest absolute Gasteiger partial charge is 0.329 e. The molecule has 0 aliphatic carbocycles. The minimum absolute atomic E-state index is 0.148. The number of para-hydroxylation sites is 1. The number of fused-ring (bicyclic) bond motifs is 3. The number of aromatic amines is 1. The second-order valence-corrected chi connectivity index (χ2v) is 10.6. The fourth-order valence-corrected chi connectivity index (χ4v) is 4.88. The topological polar surface area (TPSA) is 100 Å². The van der Waals surface area contributed by atoms with Gasteiger partial charge in [-0.1, -0.05) is 48.5 Å². The SMILES string of the molecule is CC(C)(C)OC(=O)C(CCCCN)NC(=O)C1Cc2c([nH]c3ccccc23)CN1Cc1ccccc1. The van der Waals surface area contributed by atoms with Gasteiger partial charge in [0.05, 0.1) is 6.04 Å². The van der Waals surface area contributed by atoms with E-state index in [1.165, 1.54) is 5.56 Å². The lowest BCUT2D eigenvalue weighted by molar-refractivity contribution is -0.159. The van der Waals surface area contributed by atoms with Gasteiger partial charge in [-0.25, -0.2) is 4.79 Å². The molecule has 0 fully saturated rings. The quantitative estimate of drug-likeness (QED) is 0.310. The molecule has 36 heavy (non-hydrogen) atoms. The Morgan fingerprint density at radius 1 is 1.11 bits per heavy atom. The molecule has 4 rings (SSSR count). The zero-order valence-electron chi connectivity index (χ0n) is 21.5. The van der Waals surface area contributed by atoms with Crippen molar-refractivity contribution in [1.82, 2.24) is 15.2 Å². The number of carbonyl (C=O) groups is 2. The van der Waals surface area contributed by atoms with Crippen LogP contribution < -0.4 is 11.1 Å². The van der Waals surface area contributed by atoms with Crippen LogP contribution in [-0.4, -0.2) is 46.0 Å². The van der Waals surface area contributed by atoms with Crippen molar-refractivity contribution in [1.29, 1.82) is 0 Å². The van der Waals surface area contributed by atoms with Gasteiger partial charge in [-0.3, -0.25) is 9.69 Å². The molecule has 7 nitrogen and oxygen atoms in total. The molecule has 7 heteroatoms. The Morgan fingerprint density at radius 3 is 2.56 bits per heavy atom. The molecule has 4 N–H and O–H groups in total. The summed E-state index contributed by atoms with van der Waals surface area (Å²) in [7, 11) is 0. The number of amides is 1. The van der Waals surface area contributed by atoms with Crippen LogP contribution >= 0.6 is 0 Å². The Morgan fingerprint density at radius 2 is 1.83 bits per heavy atom. The molecule has 2 atom stereocenters. The van der Waals surface area contributed by atoms with E-state index in [0.717, 1.165) is 35.0 Å². The third kappa shape index (κ3) is 6.33. The number of benzene rings is 2. The van der Waals surface area contributed by atoms with E-state index in [1.807, 2.05) is 51.1 Å². The van der Waals surface area contributed by atoms with Gasteiger partial charge in [-0.05, 0) is 70.2 Å². The minimum Gasteiger partial charge on any atom is -0.458 e. The molecular formula is C29H38N4O3. The fourth-order valence-electron chi connectivity index (χ4n) is 4.88. The van der Waals surface area contributed by atoms with Crippen LogP contribution in [0.3, 0.4) is 0 Å². The first-order chi connectivity index (χ1) is 17.2. The highest BCUT2D eigenvalue weighted by atomic mass is 16.6. The molecule has 1 aliphatic rings. The summed E-state index contributed by atoms with van der Waals surface area (Å²) >= 11 is 0. The molecule has 192 valence electrons. The first-order valence-corrected chi connectivity index (χ1v) is 12.8.